The molecule has 1 amide bonds. The van der Waals surface area contributed by atoms with Gasteiger partial charge in [-0.2, -0.15) is 0 Å². The summed E-state index contributed by atoms with van der Waals surface area (Å²) in [6, 6.07) is -0.0580. The Kier molecular flexibility index (Phi) is 6.89. The number of carboxylic acids is 1. The molecule has 0 radical (unpaired) electrons. The summed E-state index contributed by atoms with van der Waals surface area (Å²) in [5, 5.41) is 11.5. The van der Waals surface area contributed by atoms with Crippen molar-refractivity contribution in [3.63, 3.8) is 0 Å². The van der Waals surface area contributed by atoms with Crippen molar-refractivity contribution in [3.8, 4) is 0 Å². The van der Waals surface area contributed by atoms with Crippen LogP contribution < -0.4 is 5.32 Å². The largest absolute Gasteiger partial charge is 0.481 e. The molecule has 1 aliphatic carbocycles. The molecule has 1 fully saturated rings. The van der Waals surface area contributed by atoms with Crippen LogP contribution in [0, 0.1) is 11.8 Å². The number of carboxylic acid groups (broad SMARTS) is 1. The third kappa shape index (κ3) is 6.60. The first kappa shape index (κ1) is 16.0. The maximum atomic E-state index is 12.0. The number of nitrogens with one attached hydrogen (secondary N) is 1. The van der Waals surface area contributed by atoms with Crippen LogP contribution in [-0.2, 0) is 9.59 Å². The SMILES string of the molecule is CC(CCC(=O)O)NC(=O)C(C)CC1CCCCC1. The van der Waals surface area contributed by atoms with Gasteiger partial charge in [0.15, 0.2) is 0 Å². The molecule has 2 atom stereocenters. The molecule has 19 heavy (non-hydrogen) atoms. The highest BCUT2D eigenvalue weighted by Crippen LogP contribution is 2.29. The molecule has 0 aromatic heterocycles. The van der Waals surface area contributed by atoms with E-state index in [1.807, 2.05) is 13.8 Å². The van der Waals surface area contributed by atoms with E-state index in [0.717, 1.165) is 6.42 Å². The van der Waals surface area contributed by atoms with Crippen LogP contribution in [0.4, 0.5) is 0 Å². The maximum absolute atomic E-state index is 12.0. The fraction of sp³-hybridized carbons (Fsp3) is 0.867. The second kappa shape index (κ2) is 8.18. The lowest BCUT2D eigenvalue weighted by molar-refractivity contribution is -0.137. The van der Waals surface area contributed by atoms with E-state index in [2.05, 4.69) is 5.32 Å². The van der Waals surface area contributed by atoms with E-state index in [-0.39, 0.29) is 24.3 Å². The molecule has 2 unspecified atom stereocenters. The van der Waals surface area contributed by atoms with Gasteiger partial charge in [-0.1, -0.05) is 39.0 Å². The lowest BCUT2D eigenvalue weighted by Gasteiger charge is -2.25. The highest BCUT2D eigenvalue weighted by Gasteiger charge is 2.21. The van der Waals surface area contributed by atoms with Crippen molar-refractivity contribution >= 4 is 11.9 Å². The Morgan fingerprint density at radius 1 is 1.21 bits per heavy atom. The van der Waals surface area contributed by atoms with Gasteiger partial charge >= 0.3 is 5.97 Å². The Morgan fingerprint density at radius 3 is 2.42 bits per heavy atom. The smallest absolute Gasteiger partial charge is 0.303 e. The molecule has 0 spiro atoms. The fourth-order valence-corrected chi connectivity index (χ4v) is 2.83. The minimum absolute atomic E-state index is 0.0374. The van der Waals surface area contributed by atoms with Crippen LogP contribution in [0.15, 0.2) is 0 Å². The molecule has 2 N–H and O–H groups in total. The Hall–Kier alpha value is -1.06. The molecule has 1 aliphatic rings. The van der Waals surface area contributed by atoms with E-state index < -0.39 is 5.97 Å². The van der Waals surface area contributed by atoms with Gasteiger partial charge in [0.1, 0.15) is 0 Å². The number of hydrogen-bond acceptors (Lipinski definition) is 2. The summed E-state index contributed by atoms with van der Waals surface area (Å²) in [6.45, 7) is 3.85. The number of aliphatic carboxylic acids is 1. The topological polar surface area (TPSA) is 66.4 Å². The standard InChI is InChI=1S/C15H27NO3/c1-11(10-13-6-4-3-5-7-13)15(19)16-12(2)8-9-14(17)18/h11-13H,3-10H2,1-2H3,(H,16,19)(H,17,18). The molecular weight excluding hydrogens is 242 g/mol. The second-order valence-electron chi connectivity index (χ2n) is 5.98. The first-order chi connectivity index (χ1) is 8.99. The number of rotatable bonds is 7. The minimum atomic E-state index is -0.809. The van der Waals surface area contributed by atoms with Gasteiger partial charge < -0.3 is 10.4 Å². The summed E-state index contributed by atoms with van der Waals surface area (Å²) >= 11 is 0. The Bertz CT molecular complexity index is 298. The van der Waals surface area contributed by atoms with Crippen LogP contribution in [0.1, 0.15) is 65.2 Å². The van der Waals surface area contributed by atoms with Crippen LogP contribution in [0.5, 0.6) is 0 Å². The first-order valence-corrected chi connectivity index (χ1v) is 7.51. The van der Waals surface area contributed by atoms with Gasteiger partial charge in [-0.3, -0.25) is 9.59 Å². The molecule has 4 heteroatoms. The minimum Gasteiger partial charge on any atom is -0.481 e. The van der Waals surface area contributed by atoms with Crippen LogP contribution >= 0.6 is 0 Å². The lowest BCUT2D eigenvalue weighted by Crippen LogP contribution is -2.37. The van der Waals surface area contributed by atoms with E-state index in [9.17, 15) is 9.59 Å². The Morgan fingerprint density at radius 2 is 1.84 bits per heavy atom. The summed E-state index contributed by atoms with van der Waals surface area (Å²) < 4.78 is 0. The predicted octanol–water partition coefficient (Wildman–Crippen LogP) is 2.96. The average molecular weight is 269 g/mol. The van der Waals surface area contributed by atoms with Gasteiger partial charge in [-0.15, -0.1) is 0 Å². The summed E-state index contributed by atoms with van der Waals surface area (Å²) in [5.74, 6) is -0.000908. The second-order valence-corrected chi connectivity index (χ2v) is 5.98. The van der Waals surface area contributed by atoms with Gasteiger partial charge in [0.05, 0.1) is 0 Å². The Balaban J connectivity index is 2.25. The van der Waals surface area contributed by atoms with E-state index >= 15 is 0 Å². The molecule has 0 heterocycles. The highest BCUT2D eigenvalue weighted by molar-refractivity contribution is 5.78. The molecule has 0 saturated heterocycles. The molecule has 4 nitrogen and oxygen atoms in total. The molecule has 1 saturated carbocycles. The molecule has 110 valence electrons. The van der Waals surface area contributed by atoms with Crippen molar-refractivity contribution in [1.82, 2.24) is 5.32 Å². The van der Waals surface area contributed by atoms with Crippen molar-refractivity contribution in [3.05, 3.63) is 0 Å². The van der Waals surface area contributed by atoms with Gasteiger partial charge in [-0.25, -0.2) is 0 Å². The summed E-state index contributed by atoms with van der Waals surface area (Å²) in [7, 11) is 0. The zero-order valence-corrected chi connectivity index (χ0v) is 12.2. The quantitative estimate of drug-likeness (QED) is 0.746. The van der Waals surface area contributed by atoms with Gasteiger partial charge in [0.25, 0.3) is 0 Å². The van der Waals surface area contributed by atoms with Crippen molar-refractivity contribution < 1.29 is 14.7 Å². The monoisotopic (exact) mass is 269 g/mol. The zero-order chi connectivity index (χ0) is 14.3. The lowest BCUT2D eigenvalue weighted by atomic mass is 9.83. The van der Waals surface area contributed by atoms with E-state index in [1.54, 1.807) is 0 Å². The van der Waals surface area contributed by atoms with Crippen LogP contribution in [-0.4, -0.2) is 23.0 Å². The zero-order valence-electron chi connectivity index (χ0n) is 12.2. The normalized spacial score (nSPS) is 19.7. The van der Waals surface area contributed by atoms with Crippen molar-refractivity contribution in [1.29, 1.82) is 0 Å². The molecule has 0 aliphatic heterocycles. The van der Waals surface area contributed by atoms with E-state index in [1.165, 1.54) is 32.1 Å². The van der Waals surface area contributed by atoms with Crippen LogP contribution in [0.2, 0.25) is 0 Å². The third-order valence-corrected chi connectivity index (χ3v) is 4.04. The molecule has 0 aromatic rings. The number of carbonyl (C=O) groups is 2. The van der Waals surface area contributed by atoms with Gasteiger partial charge in [0, 0.05) is 18.4 Å². The van der Waals surface area contributed by atoms with Crippen molar-refractivity contribution in [2.75, 3.05) is 0 Å². The summed E-state index contributed by atoms with van der Waals surface area (Å²) in [4.78, 5) is 22.5. The van der Waals surface area contributed by atoms with Crippen molar-refractivity contribution in [2.45, 2.75) is 71.3 Å². The fourth-order valence-electron chi connectivity index (χ4n) is 2.83. The molecule has 1 rings (SSSR count). The molecular formula is C15H27NO3. The third-order valence-electron chi connectivity index (χ3n) is 4.04. The first-order valence-electron chi connectivity index (χ1n) is 7.51. The Labute approximate surface area is 116 Å². The predicted molar refractivity (Wildman–Crippen MR) is 74.8 cm³/mol. The summed E-state index contributed by atoms with van der Waals surface area (Å²) in [5.41, 5.74) is 0. The highest BCUT2D eigenvalue weighted by atomic mass is 16.4. The van der Waals surface area contributed by atoms with Crippen LogP contribution in [0.3, 0.4) is 0 Å². The molecule has 0 bridgehead atoms. The number of amides is 1. The average Bonchev–Trinajstić information content (AvgIpc) is 2.37. The maximum Gasteiger partial charge on any atom is 0.303 e. The molecule has 0 aromatic carbocycles. The van der Waals surface area contributed by atoms with E-state index in [0.29, 0.717) is 12.3 Å². The number of carbonyl (C=O) groups excluding carboxylic acids is 1. The van der Waals surface area contributed by atoms with Gasteiger partial charge in [-0.05, 0) is 25.7 Å². The van der Waals surface area contributed by atoms with Crippen molar-refractivity contribution in [2.24, 2.45) is 11.8 Å². The summed E-state index contributed by atoms with van der Waals surface area (Å²) in [6.07, 6.45) is 8.02. The number of hydrogen-bond donors (Lipinski definition) is 2. The van der Waals surface area contributed by atoms with Gasteiger partial charge in [0.2, 0.25) is 5.91 Å². The van der Waals surface area contributed by atoms with E-state index in [4.69, 9.17) is 5.11 Å². The van der Waals surface area contributed by atoms with Crippen LogP contribution in [0.25, 0.3) is 0 Å².